The number of nitrogens with one attached hydrogen (secondary N) is 2. The van der Waals surface area contributed by atoms with E-state index >= 15 is 0 Å². The zero-order chi connectivity index (χ0) is 18.8. The Balaban J connectivity index is 1.67. The molecule has 0 saturated carbocycles. The average Bonchev–Trinajstić information content (AvgIpc) is 2.69. The number of carbonyl (C=O) groups excluding carboxylic acids is 3. The highest BCUT2D eigenvalue weighted by Crippen LogP contribution is 2.13. The fourth-order valence-electron chi connectivity index (χ4n) is 2.18. The summed E-state index contributed by atoms with van der Waals surface area (Å²) in [6.07, 6.45) is 0.439. The van der Waals surface area contributed by atoms with E-state index in [0.29, 0.717) is 24.3 Å². The Labute approximate surface area is 152 Å². The molecule has 6 heteroatoms. The van der Waals surface area contributed by atoms with E-state index in [1.807, 2.05) is 30.3 Å². The minimum absolute atomic E-state index is 0.0517. The van der Waals surface area contributed by atoms with E-state index in [-0.39, 0.29) is 24.8 Å². The van der Waals surface area contributed by atoms with Gasteiger partial charge in [-0.25, -0.2) is 0 Å². The number of carbonyl (C=O) groups is 3. The van der Waals surface area contributed by atoms with Crippen molar-refractivity contribution >= 4 is 17.6 Å². The van der Waals surface area contributed by atoms with Crippen LogP contribution < -0.4 is 15.4 Å². The van der Waals surface area contributed by atoms with Gasteiger partial charge in [-0.1, -0.05) is 37.3 Å². The monoisotopic (exact) mass is 354 g/mol. The Morgan fingerprint density at radius 2 is 1.58 bits per heavy atom. The number of benzene rings is 2. The van der Waals surface area contributed by atoms with Gasteiger partial charge in [0.15, 0.2) is 12.4 Å². The molecule has 0 unspecified atom stereocenters. The molecule has 0 atom stereocenters. The summed E-state index contributed by atoms with van der Waals surface area (Å²) in [4.78, 5) is 35.0. The first-order chi connectivity index (χ1) is 12.6. The Hall–Kier alpha value is -3.15. The minimum Gasteiger partial charge on any atom is -0.484 e. The lowest BCUT2D eigenvalue weighted by molar-refractivity contribution is -0.127. The van der Waals surface area contributed by atoms with E-state index < -0.39 is 5.91 Å². The summed E-state index contributed by atoms with van der Waals surface area (Å²) in [5, 5.41) is 5.22. The van der Waals surface area contributed by atoms with Crippen molar-refractivity contribution in [2.45, 2.75) is 19.9 Å². The first kappa shape index (κ1) is 19.2. The summed E-state index contributed by atoms with van der Waals surface area (Å²) in [5.74, 6) is -0.129. The highest BCUT2D eigenvalue weighted by atomic mass is 16.5. The van der Waals surface area contributed by atoms with Gasteiger partial charge < -0.3 is 15.4 Å². The van der Waals surface area contributed by atoms with Crippen LogP contribution in [0.15, 0.2) is 54.6 Å². The molecule has 0 spiro atoms. The van der Waals surface area contributed by atoms with Gasteiger partial charge in [-0.3, -0.25) is 14.4 Å². The van der Waals surface area contributed by atoms with Crippen LogP contribution in [-0.4, -0.2) is 30.7 Å². The summed E-state index contributed by atoms with van der Waals surface area (Å²) >= 11 is 0. The van der Waals surface area contributed by atoms with Crippen molar-refractivity contribution in [1.29, 1.82) is 0 Å². The topological polar surface area (TPSA) is 84.5 Å². The van der Waals surface area contributed by atoms with E-state index in [1.54, 1.807) is 31.2 Å². The molecule has 0 aliphatic heterocycles. The highest BCUT2D eigenvalue weighted by Gasteiger charge is 2.07. The molecule has 0 radical (unpaired) electrons. The van der Waals surface area contributed by atoms with Gasteiger partial charge in [-0.2, -0.15) is 0 Å². The third-order valence-electron chi connectivity index (χ3n) is 3.65. The van der Waals surface area contributed by atoms with Crippen LogP contribution in [-0.2, 0) is 16.1 Å². The maximum absolute atomic E-state index is 11.7. The number of Topliss-reactive ketones (excluding diaryl/α,β-unsaturated/α-hetero) is 1. The lowest BCUT2D eigenvalue weighted by atomic mass is 10.1. The number of ketones is 1. The summed E-state index contributed by atoms with van der Waals surface area (Å²) in [6.45, 7) is 1.90. The van der Waals surface area contributed by atoms with E-state index in [4.69, 9.17) is 4.74 Å². The zero-order valence-corrected chi connectivity index (χ0v) is 14.7. The Morgan fingerprint density at radius 3 is 2.23 bits per heavy atom. The molecular weight excluding hydrogens is 332 g/mol. The molecule has 0 bridgehead atoms. The molecule has 0 fully saturated rings. The van der Waals surface area contributed by atoms with Gasteiger partial charge in [0.05, 0.1) is 6.54 Å². The SMILES string of the molecule is CCC(=O)c1ccc(OCC(=O)NCC(=O)NCc2ccccc2)cc1. The van der Waals surface area contributed by atoms with Crippen LogP contribution >= 0.6 is 0 Å². The standard InChI is InChI=1S/C20H22N2O4/c1-2-18(23)16-8-10-17(11-9-16)26-14-20(25)22-13-19(24)21-12-15-6-4-3-5-7-15/h3-11H,2,12-14H2,1H3,(H,21,24)(H,22,25). The van der Waals surface area contributed by atoms with Crippen LogP contribution in [0.4, 0.5) is 0 Å². The molecule has 2 amide bonds. The number of amides is 2. The average molecular weight is 354 g/mol. The van der Waals surface area contributed by atoms with Crippen LogP contribution in [0, 0.1) is 0 Å². The van der Waals surface area contributed by atoms with Crippen molar-refractivity contribution in [3.8, 4) is 5.75 Å². The Bertz CT molecular complexity index is 742. The molecule has 136 valence electrons. The normalized spacial score (nSPS) is 10.0. The van der Waals surface area contributed by atoms with Crippen molar-refractivity contribution in [2.24, 2.45) is 0 Å². The van der Waals surface area contributed by atoms with E-state index in [2.05, 4.69) is 10.6 Å². The van der Waals surface area contributed by atoms with Crippen molar-refractivity contribution in [2.75, 3.05) is 13.2 Å². The highest BCUT2D eigenvalue weighted by molar-refractivity contribution is 5.95. The summed E-state index contributed by atoms with van der Waals surface area (Å²) in [7, 11) is 0. The lowest BCUT2D eigenvalue weighted by Crippen LogP contribution is -2.38. The molecule has 0 saturated heterocycles. The Morgan fingerprint density at radius 1 is 0.885 bits per heavy atom. The fourth-order valence-corrected chi connectivity index (χ4v) is 2.18. The van der Waals surface area contributed by atoms with E-state index in [1.165, 1.54) is 0 Å². The number of rotatable bonds is 9. The summed E-state index contributed by atoms with van der Waals surface area (Å²) in [6, 6.07) is 16.1. The smallest absolute Gasteiger partial charge is 0.258 e. The van der Waals surface area contributed by atoms with Gasteiger partial charge in [-0.15, -0.1) is 0 Å². The summed E-state index contributed by atoms with van der Waals surface area (Å²) in [5.41, 5.74) is 1.60. The van der Waals surface area contributed by atoms with Gasteiger partial charge in [0.1, 0.15) is 5.75 Å². The molecule has 2 aromatic rings. The van der Waals surface area contributed by atoms with Crippen molar-refractivity contribution in [1.82, 2.24) is 10.6 Å². The fraction of sp³-hybridized carbons (Fsp3) is 0.250. The molecule has 6 nitrogen and oxygen atoms in total. The minimum atomic E-state index is -0.395. The largest absolute Gasteiger partial charge is 0.484 e. The van der Waals surface area contributed by atoms with Crippen LogP contribution in [0.2, 0.25) is 0 Å². The number of hydrogen-bond donors (Lipinski definition) is 2. The van der Waals surface area contributed by atoms with Gasteiger partial charge >= 0.3 is 0 Å². The van der Waals surface area contributed by atoms with Gasteiger partial charge in [0, 0.05) is 18.5 Å². The van der Waals surface area contributed by atoms with Gasteiger partial charge in [0.25, 0.3) is 5.91 Å². The second-order valence-corrected chi connectivity index (χ2v) is 5.63. The molecule has 2 N–H and O–H groups in total. The lowest BCUT2D eigenvalue weighted by Gasteiger charge is -2.09. The quantitative estimate of drug-likeness (QED) is 0.676. The van der Waals surface area contributed by atoms with Gasteiger partial charge in [0.2, 0.25) is 5.91 Å². The molecule has 2 aromatic carbocycles. The maximum Gasteiger partial charge on any atom is 0.258 e. The number of ether oxygens (including phenoxy) is 1. The van der Waals surface area contributed by atoms with Crippen molar-refractivity contribution in [3.05, 3.63) is 65.7 Å². The van der Waals surface area contributed by atoms with Crippen LogP contribution in [0.5, 0.6) is 5.75 Å². The zero-order valence-electron chi connectivity index (χ0n) is 14.7. The van der Waals surface area contributed by atoms with Gasteiger partial charge in [-0.05, 0) is 29.8 Å². The summed E-state index contributed by atoms with van der Waals surface area (Å²) < 4.78 is 5.34. The number of hydrogen-bond acceptors (Lipinski definition) is 4. The molecule has 0 aliphatic carbocycles. The van der Waals surface area contributed by atoms with Crippen LogP contribution in [0.25, 0.3) is 0 Å². The molecule has 0 aliphatic rings. The van der Waals surface area contributed by atoms with Crippen molar-refractivity contribution in [3.63, 3.8) is 0 Å². The first-order valence-electron chi connectivity index (χ1n) is 8.42. The second kappa shape index (κ2) is 9.98. The molecule has 2 rings (SSSR count). The maximum atomic E-state index is 11.7. The predicted molar refractivity (Wildman–Crippen MR) is 97.9 cm³/mol. The Kier molecular flexibility index (Phi) is 7.36. The molecule has 26 heavy (non-hydrogen) atoms. The third-order valence-corrected chi connectivity index (χ3v) is 3.65. The second-order valence-electron chi connectivity index (χ2n) is 5.63. The molecule has 0 heterocycles. The third kappa shape index (κ3) is 6.39. The first-order valence-corrected chi connectivity index (χ1v) is 8.42. The van der Waals surface area contributed by atoms with Crippen LogP contribution in [0.1, 0.15) is 29.3 Å². The molecular formula is C20H22N2O4. The predicted octanol–water partition coefficient (Wildman–Crippen LogP) is 2.09. The van der Waals surface area contributed by atoms with E-state index in [0.717, 1.165) is 5.56 Å². The molecule has 0 aromatic heterocycles. The van der Waals surface area contributed by atoms with Crippen molar-refractivity contribution < 1.29 is 19.1 Å². The van der Waals surface area contributed by atoms with Crippen LogP contribution in [0.3, 0.4) is 0 Å². The van der Waals surface area contributed by atoms with E-state index in [9.17, 15) is 14.4 Å².